The maximum absolute atomic E-state index is 13.1. The Hall–Kier alpha value is -3.86. The van der Waals surface area contributed by atoms with Gasteiger partial charge in [0.1, 0.15) is 0 Å². The van der Waals surface area contributed by atoms with E-state index in [0.29, 0.717) is 28.4 Å². The first-order chi connectivity index (χ1) is 17.4. The van der Waals surface area contributed by atoms with E-state index in [1.54, 1.807) is 24.3 Å². The van der Waals surface area contributed by atoms with Crippen LogP contribution >= 0.6 is 0 Å². The Morgan fingerprint density at radius 2 is 1.38 bits per heavy atom. The van der Waals surface area contributed by atoms with E-state index >= 15 is 0 Å². The first-order valence-electron chi connectivity index (χ1n) is 10.7. The molecule has 0 aromatic heterocycles. The Bertz CT molecular complexity index is 1370. The lowest BCUT2D eigenvalue weighted by molar-refractivity contribution is -0.137. The fourth-order valence-electron chi connectivity index (χ4n) is 3.59. The molecule has 11 heteroatoms. The number of alkyl halides is 3. The first kappa shape index (κ1) is 27.7. The zero-order valence-electron chi connectivity index (χ0n) is 20.4. The maximum Gasteiger partial charge on any atom is 0.416 e. The Kier molecular flexibility index (Phi) is 8.27. The van der Waals surface area contributed by atoms with Crippen LogP contribution in [0.5, 0.6) is 28.7 Å². The predicted octanol–water partition coefficient (Wildman–Crippen LogP) is 5.59. The lowest BCUT2D eigenvalue weighted by Crippen LogP contribution is -2.09. The van der Waals surface area contributed by atoms with Gasteiger partial charge >= 0.3 is 6.18 Å². The van der Waals surface area contributed by atoms with Crippen LogP contribution in [0.1, 0.15) is 22.3 Å². The van der Waals surface area contributed by atoms with Gasteiger partial charge in [0.05, 0.1) is 44.7 Å². The van der Waals surface area contributed by atoms with Crippen molar-refractivity contribution in [2.75, 3.05) is 28.4 Å². The Morgan fingerprint density at radius 3 is 1.86 bits per heavy atom. The summed E-state index contributed by atoms with van der Waals surface area (Å²) in [5.74, 6) is 0.482. The lowest BCUT2D eigenvalue weighted by atomic mass is 10.1. The summed E-state index contributed by atoms with van der Waals surface area (Å²) >= 11 is 0. The number of benzene rings is 3. The van der Waals surface area contributed by atoms with Crippen molar-refractivity contribution < 1.29 is 45.6 Å². The number of aromatic hydroxyl groups is 1. The van der Waals surface area contributed by atoms with Crippen LogP contribution in [-0.2, 0) is 21.8 Å². The highest BCUT2D eigenvalue weighted by molar-refractivity contribution is 7.90. The van der Waals surface area contributed by atoms with Gasteiger partial charge < -0.3 is 24.1 Å². The molecule has 37 heavy (non-hydrogen) atoms. The van der Waals surface area contributed by atoms with E-state index in [9.17, 15) is 26.7 Å². The minimum Gasteiger partial charge on any atom is -0.504 e. The molecular weight excluding hydrogens is 513 g/mol. The zero-order chi connectivity index (χ0) is 27.4. The summed E-state index contributed by atoms with van der Waals surface area (Å²) in [6.07, 6.45) is -1.35. The molecule has 0 aliphatic heterocycles. The predicted molar refractivity (Wildman–Crippen MR) is 132 cm³/mol. The lowest BCUT2D eigenvalue weighted by Gasteiger charge is -2.14. The number of halogens is 3. The molecule has 3 rings (SSSR count). The maximum atomic E-state index is 13.1. The molecule has 0 spiro atoms. The van der Waals surface area contributed by atoms with Gasteiger partial charge in [-0.2, -0.15) is 13.2 Å². The van der Waals surface area contributed by atoms with Crippen LogP contribution in [0.2, 0.25) is 0 Å². The molecule has 0 aliphatic carbocycles. The van der Waals surface area contributed by atoms with E-state index in [1.807, 2.05) is 0 Å². The van der Waals surface area contributed by atoms with Gasteiger partial charge in [0, 0.05) is 0 Å². The van der Waals surface area contributed by atoms with Gasteiger partial charge in [0.25, 0.3) is 0 Å². The summed E-state index contributed by atoms with van der Waals surface area (Å²) < 4.78 is 85.9. The second-order valence-electron chi connectivity index (χ2n) is 7.80. The van der Waals surface area contributed by atoms with E-state index in [1.165, 1.54) is 40.6 Å². The topological polar surface area (TPSA) is 91.3 Å². The van der Waals surface area contributed by atoms with E-state index in [4.69, 9.17) is 18.9 Å². The molecule has 0 saturated carbocycles. The van der Waals surface area contributed by atoms with Crippen LogP contribution < -0.4 is 18.9 Å². The fourth-order valence-corrected chi connectivity index (χ4v) is 4.97. The van der Waals surface area contributed by atoms with Crippen LogP contribution in [0.25, 0.3) is 12.2 Å². The quantitative estimate of drug-likeness (QED) is 0.355. The third-order valence-corrected chi connectivity index (χ3v) is 7.15. The number of phenols is 1. The number of methoxy groups -OCH3 is 4. The van der Waals surface area contributed by atoms with E-state index in [-0.39, 0.29) is 22.0 Å². The average molecular weight is 539 g/mol. The molecule has 7 nitrogen and oxygen atoms in total. The monoisotopic (exact) mass is 538 g/mol. The van der Waals surface area contributed by atoms with Crippen molar-refractivity contribution in [1.29, 1.82) is 0 Å². The number of ether oxygens (including phenoxy) is 4. The molecular formula is C26H25F3O7S. The molecule has 0 radical (unpaired) electrons. The summed E-state index contributed by atoms with van der Waals surface area (Å²) in [5, 5.41) is 10.3. The van der Waals surface area contributed by atoms with Crippen LogP contribution in [0.15, 0.2) is 53.4 Å². The van der Waals surface area contributed by atoms with Crippen LogP contribution in [-0.4, -0.2) is 42.0 Å². The van der Waals surface area contributed by atoms with E-state index in [2.05, 4.69) is 0 Å². The van der Waals surface area contributed by atoms with E-state index in [0.717, 1.165) is 24.3 Å². The second-order valence-corrected chi connectivity index (χ2v) is 9.79. The molecule has 0 aliphatic rings. The minimum atomic E-state index is -4.59. The third kappa shape index (κ3) is 6.29. The SMILES string of the molecule is COc1cc(CS(=O)(=O)c2ccc(C(F)(F)F)cc2)c(/C=C\c2cc(OC)c(OC)c(OC)c2)cc1O. The normalized spacial score (nSPS) is 12.0. The molecule has 198 valence electrons. The van der Waals surface area contributed by atoms with Crippen LogP contribution in [0.3, 0.4) is 0 Å². The van der Waals surface area contributed by atoms with Crippen molar-refractivity contribution in [2.45, 2.75) is 16.8 Å². The number of sulfone groups is 1. The zero-order valence-corrected chi connectivity index (χ0v) is 21.2. The summed E-state index contributed by atoms with van der Waals surface area (Å²) in [7, 11) is 1.68. The van der Waals surface area contributed by atoms with Crippen molar-refractivity contribution in [2.24, 2.45) is 0 Å². The number of rotatable bonds is 9. The molecule has 0 fully saturated rings. The molecule has 3 aromatic rings. The highest BCUT2D eigenvalue weighted by Gasteiger charge is 2.30. The Labute approximate surface area is 212 Å². The highest BCUT2D eigenvalue weighted by atomic mass is 32.2. The number of phenolic OH excluding ortho intramolecular Hbond substituents is 1. The van der Waals surface area contributed by atoms with Gasteiger partial charge in [-0.05, 0) is 65.2 Å². The minimum absolute atomic E-state index is 0.0440. The van der Waals surface area contributed by atoms with Gasteiger partial charge in [-0.15, -0.1) is 0 Å². The van der Waals surface area contributed by atoms with Gasteiger partial charge in [-0.3, -0.25) is 0 Å². The highest BCUT2D eigenvalue weighted by Crippen LogP contribution is 2.39. The van der Waals surface area contributed by atoms with Crippen molar-refractivity contribution in [1.82, 2.24) is 0 Å². The summed E-state index contributed by atoms with van der Waals surface area (Å²) in [6, 6.07) is 9.34. The summed E-state index contributed by atoms with van der Waals surface area (Å²) in [4.78, 5) is -0.271. The van der Waals surface area contributed by atoms with Crippen molar-refractivity contribution in [3.05, 3.63) is 70.8 Å². The first-order valence-corrected chi connectivity index (χ1v) is 12.4. The average Bonchev–Trinajstić information content (AvgIpc) is 2.87. The van der Waals surface area contributed by atoms with Crippen molar-refractivity contribution in [3.63, 3.8) is 0 Å². The molecule has 0 atom stereocenters. The third-order valence-electron chi connectivity index (χ3n) is 5.47. The molecule has 1 N–H and O–H groups in total. The van der Waals surface area contributed by atoms with Crippen molar-refractivity contribution >= 4 is 22.0 Å². The molecule has 0 bridgehead atoms. The standard InChI is InChI=1S/C26H25F3O7S/c1-33-22-14-18(15-37(31,32)20-9-7-19(8-10-20)26(27,28)29)17(13-21(22)30)6-5-16-11-23(34-2)25(36-4)24(12-16)35-3/h5-14,30H,15H2,1-4H3/b6-5-. The van der Waals surface area contributed by atoms with Gasteiger partial charge in [0.2, 0.25) is 5.75 Å². The van der Waals surface area contributed by atoms with Gasteiger partial charge in [-0.1, -0.05) is 12.2 Å². The second kappa shape index (κ2) is 11.0. The smallest absolute Gasteiger partial charge is 0.416 e. The summed E-state index contributed by atoms with van der Waals surface area (Å²) in [6.45, 7) is 0. The van der Waals surface area contributed by atoms with Crippen molar-refractivity contribution in [3.8, 4) is 28.7 Å². The fraction of sp³-hybridized carbons (Fsp3) is 0.231. The van der Waals surface area contributed by atoms with Crippen LogP contribution in [0, 0.1) is 0 Å². The molecule has 0 unspecified atom stereocenters. The largest absolute Gasteiger partial charge is 0.504 e. The van der Waals surface area contributed by atoms with Crippen LogP contribution in [0.4, 0.5) is 13.2 Å². The van der Waals surface area contributed by atoms with E-state index < -0.39 is 27.3 Å². The summed E-state index contributed by atoms with van der Waals surface area (Å²) in [5.41, 5.74) is 0.286. The molecule has 0 amide bonds. The molecule has 3 aromatic carbocycles. The number of hydrogen-bond acceptors (Lipinski definition) is 7. The number of hydrogen-bond donors (Lipinski definition) is 1. The Balaban J connectivity index is 2.02. The molecule has 0 heterocycles. The molecule has 0 saturated heterocycles. The van der Waals surface area contributed by atoms with Gasteiger partial charge in [-0.25, -0.2) is 8.42 Å². The van der Waals surface area contributed by atoms with Gasteiger partial charge in [0.15, 0.2) is 32.8 Å². The Morgan fingerprint density at radius 1 is 0.811 bits per heavy atom.